The first-order valence-electron chi connectivity index (χ1n) is 1.17. The predicted octanol–water partition coefficient (Wildman–Crippen LogP) is 1.51. The van der Waals surface area contributed by atoms with Crippen molar-refractivity contribution in [2.75, 3.05) is 0 Å². The molecule has 0 aliphatic carbocycles. The van der Waals surface area contributed by atoms with Crippen LogP contribution in [0.1, 0.15) is 0 Å². The van der Waals surface area contributed by atoms with Crippen molar-refractivity contribution in [3.63, 3.8) is 0 Å². The summed E-state index contributed by atoms with van der Waals surface area (Å²) in [5.41, 5.74) is 0. The molecule has 0 aromatic rings. The van der Waals surface area contributed by atoms with Crippen LogP contribution < -0.4 is 0 Å². The fourth-order valence-corrected chi connectivity index (χ4v) is 0. The maximum atomic E-state index is 5.27. The molecule has 0 amide bonds. The van der Waals surface area contributed by atoms with Crippen molar-refractivity contribution in [3.8, 4) is 0 Å². The monoisotopic (exact) mass is 414 g/mol. The van der Waals surface area contributed by atoms with E-state index >= 15 is 0 Å². The van der Waals surface area contributed by atoms with Gasteiger partial charge in [0.05, 0.1) is 0 Å². The molecule has 4 radical (unpaired) electrons. The molecule has 6 heteroatoms. The molecule has 0 aromatic heterocycles. The second kappa shape index (κ2) is 4.28. The molecule has 0 fully saturated rings. The molecule has 0 bridgehead atoms. The average molecular weight is 413 g/mol. The fourth-order valence-electron chi connectivity index (χ4n) is 0. The topological polar surface area (TPSA) is 0 Å². The van der Waals surface area contributed by atoms with E-state index in [9.17, 15) is 0 Å². The minimum atomic E-state index is -0.889. The van der Waals surface area contributed by atoms with Gasteiger partial charge in [0.25, 0.3) is 0 Å². The molecule has 0 nitrogen and oxygen atoms in total. The summed E-state index contributed by atoms with van der Waals surface area (Å²) in [4.78, 5) is 0. The van der Waals surface area contributed by atoms with Crippen LogP contribution in [-0.4, -0.2) is 19.8 Å². The van der Waals surface area contributed by atoms with Crippen molar-refractivity contribution >= 4 is 68.7 Å². The van der Waals surface area contributed by atoms with Crippen molar-refractivity contribution in [2.24, 2.45) is 0 Å². The quantitative estimate of drug-likeness (QED) is 0.452. The van der Waals surface area contributed by atoms with Crippen LogP contribution in [0.15, 0.2) is 0 Å². The summed E-state index contributed by atoms with van der Waals surface area (Å²) >= 11 is 3.76. The SMILES string of the molecule is [B]B([B])I(I)I. The Morgan fingerprint density at radius 3 is 1.50 bits per heavy atom. The van der Waals surface area contributed by atoms with Gasteiger partial charge < -0.3 is 0 Å². The van der Waals surface area contributed by atoms with Gasteiger partial charge in [-0.15, -0.1) is 0 Å². The van der Waals surface area contributed by atoms with Crippen LogP contribution in [0.3, 0.4) is 0 Å². The second-order valence-corrected chi connectivity index (χ2v) is 25.6. The van der Waals surface area contributed by atoms with Crippen LogP contribution in [0, 0.1) is 0 Å². The number of rotatable bonds is 1. The third kappa shape index (κ3) is 4.54. The molecular weight excluding hydrogens is 413 g/mol. The van der Waals surface area contributed by atoms with Gasteiger partial charge in [0, 0.05) is 0 Å². The van der Waals surface area contributed by atoms with Crippen LogP contribution >= 0.6 is 48.9 Å². The molecule has 0 atom stereocenters. The predicted molar refractivity (Wildman–Crippen MR) is 59.3 cm³/mol. The average Bonchev–Trinajstić information content (AvgIpc) is 1.36. The molecule has 0 aromatic carbocycles. The van der Waals surface area contributed by atoms with Crippen LogP contribution in [0.25, 0.3) is 0 Å². The van der Waals surface area contributed by atoms with Crippen LogP contribution in [0.2, 0.25) is 0 Å². The molecular formula is B3I3. The van der Waals surface area contributed by atoms with Crippen molar-refractivity contribution in [3.05, 3.63) is 0 Å². The van der Waals surface area contributed by atoms with E-state index in [-0.39, 0.29) is 4.35 Å². The third-order valence-electron chi connectivity index (χ3n) is 0.190. The van der Waals surface area contributed by atoms with E-state index in [0.717, 1.165) is 0 Å². The Bertz CT molecular complexity index is 27.0. The molecule has 0 saturated carbocycles. The molecule has 0 rings (SSSR count). The van der Waals surface area contributed by atoms with Gasteiger partial charge in [0.1, 0.15) is 0 Å². The zero-order chi connectivity index (χ0) is 5.15. The summed E-state index contributed by atoms with van der Waals surface area (Å²) in [6.45, 7) is 0. The van der Waals surface area contributed by atoms with Gasteiger partial charge >= 0.3 is 68.7 Å². The molecule has 0 aliphatic rings. The number of hydrogen-bond acceptors (Lipinski definition) is 0. The summed E-state index contributed by atoms with van der Waals surface area (Å²) in [5.74, 6) is 0. The number of halogens is 3. The van der Waals surface area contributed by atoms with Gasteiger partial charge in [-0.2, -0.15) is 0 Å². The Morgan fingerprint density at radius 1 is 1.33 bits per heavy atom. The molecule has 0 saturated heterocycles. The van der Waals surface area contributed by atoms with Gasteiger partial charge in [-0.25, -0.2) is 0 Å². The first-order valence-corrected chi connectivity index (χ1v) is 15.0. The molecule has 30 valence electrons. The van der Waals surface area contributed by atoms with Gasteiger partial charge in [-0.3, -0.25) is 0 Å². The second-order valence-electron chi connectivity index (χ2n) is 0.663. The Morgan fingerprint density at radius 2 is 1.50 bits per heavy atom. The van der Waals surface area contributed by atoms with Crippen molar-refractivity contribution in [1.29, 1.82) is 0 Å². The Labute approximate surface area is 67.3 Å². The summed E-state index contributed by atoms with van der Waals surface area (Å²) in [6, 6.07) is 0. The first-order chi connectivity index (χ1) is 2.64. The zero-order valence-corrected chi connectivity index (χ0v) is 9.34. The summed E-state index contributed by atoms with van der Waals surface area (Å²) < 4.78 is -0.0181. The van der Waals surface area contributed by atoms with Gasteiger partial charge in [0.2, 0.25) is 0 Å². The van der Waals surface area contributed by atoms with Gasteiger partial charge in [-0.05, 0) is 0 Å². The zero-order valence-electron chi connectivity index (χ0n) is 2.87. The minimum absolute atomic E-state index is 0.0181. The Balaban J connectivity index is 2.99. The van der Waals surface area contributed by atoms with E-state index in [1.54, 1.807) is 0 Å². The molecule has 0 spiro atoms. The summed E-state index contributed by atoms with van der Waals surface area (Å²) in [5, 5.41) is 0. The van der Waals surface area contributed by atoms with Gasteiger partial charge in [-0.1, -0.05) is 0 Å². The van der Waals surface area contributed by atoms with E-state index in [4.69, 9.17) is 15.5 Å². The van der Waals surface area contributed by atoms with Crippen molar-refractivity contribution in [2.45, 2.75) is 0 Å². The molecule has 0 heterocycles. The normalized spacial score (nSPS) is 10.7. The van der Waals surface area contributed by atoms with E-state index in [2.05, 4.69) is 37.2 Å². The molecule has 6 heavy (non-hydrogen) atoms. The molecule has 0 aliphatic heterocycles. The fraction of sp³-hybridized carbons (Fsp3) is 0. The van der Waals surface area contributed by atoms with Crippen LogP contribution in [0.4, 0.5) is 0 Å². The molecule has 0 N–H and O–H groups in total. The van der Waals surface area contributed by atoms with Crippen molar-refractivity contribution in [1.82, 2.24) is 0 Å². The van der Waals surface area contributed by atoms with E-state index in [0.29, 0.717) is 0 Å². The third-order valence-corrected chi connectivity index (χ3v) is 8.57. The molecule has 0 unspecified atom stereocenters. The van der Waals surface area contributed by atoms with E-state index in [1.807, 2.05) is 0 Å². The summed E-state index contributed by atoms with van der Waals surface area (Å²) in [6.07, 6.45) is 0. The summed E-state index contributed by atoms with van der Waals surface area (Å²) in [7, 11) is 10.5. The number of hydrogen-bond donors (Lipinski definition) is 0. The Hall–Kier alpha value is 2.38. The Kier molecular flexibility index (Phi) is 5.98. The van der Waals surface area contributed by atoms with E-state index < -0.39 is 11.7 Å². The van der Waals surface area contributed by atoms with Crippen LogP contribution in [0.5, 0.6) is 0 Å². The van der Waals surface area contributed by atoms with Gasteiger partial charge in [0.15, 0.2) is 0 Å². The standard InChI is InChI=1S/B3I3/c1-3(2)6(4)5. The van der Waals surface area contributed by atoms with Crippen molar-refractivity contribution < 1.29 is 0 Å². The van der Waals surface area contributed by atoms with E-state index in [1.165, 1.54) is 0 Å². The maximum absolute atomic E-state index is 5.27. The van der Waals surface area contributed by atoms with Crippen LogP contribution in [-0.2, 0) is 0 Å². The first kappa shape index (κ1) is 8.38.